The van der Waals surface area contributed by atoms with Gasteiger partial charge in [-0.3, -0.25) is 20.9 Å². The lowest BCUT2D eigenvalue weighted by Crippen LogP contribution is -2.40. The van der Waals surface area contributed by atoms with E-state index in [9.17, 15) is 14.4 Å². The number of carbonyl (C=O) groups excluding carboxylic acids is 3. The number of hydrogen-bond donors (Lipinski definition) is 3. The molecule has 0 aliphatic carbocycles. The number of nitrogens with zero attached hydrogens (tertiary/aromatic N) is 1. The van der Waals surface area contributed by atoms with Gasteiger partial charge in [0.05, 0.1) is 25.1 Å². The Bertz CT molecular complexity index is 1320. The molecule has 0 unspecified atom stereocenters. The zero-order valence-corrected chi connectivity index (χ0v) is 24.9. The maximum atomic E-state index is 12.4. The number of carbonyl (C=O) groups is 3. The van der Waals surface area contributed by atoms with E-state index in [1.54, 1.807) is 44.2 Å². The Hall–Kier alpha value is -4.41. The molecule has 2 aromatic rings. The molecule has 3 rings (SSSR count). The van der Waals surface area contributed by atoms with Gasteiger partial charge in [-0.05, 0) is 81.3 Å². The fourth-order valence-electron chi connectivity index (χ4n) is 4.60. The Morgan fingerprint density at radius 2 is 1.69 bits per heavy atom. The average Bonchev–Trinajstić information content (AvgIpc) is 2.95. The Labute approximate surface area is 246 Å². The molecule has 1 aliphatic rings. The summed E-state index contributed by atoms with van der Waals surface area (Å²) in [7, 11) is 1.32. The molecule has 42 heavy (non-hydrogen) atoms. The molecule has 1 saturated heterocycles. The molecule has 0 spiro atoms. The number of alkyl carbamates (subject to hydrolysis) is 1. The van der Waals surface area contributed by atoms with E-state index in [1.807, 2.05) is 19.1 Å². The standard InChI is InChI=1S/C31H40N4O7/c1-20(32)35-12-9-22(10-13-35)11-14-40-27-17-25(16-26(18-27)29(37)39-5)23-7-6-8-24(15-23)28(33)34-30(38)42-31(3,4)19-41-21(2)36/h6-8,15-18,22,32H,9-14,19H2,1-5H3,(H2,33,34,38). The average molecular weight is 581 g/mol. The molecule has 1 amide bonds. The summed E-state index contributed by atoms with van der Waals surface area (Å²) in [6.45, 7) is 8.39. The normalized spacial score (nSPS) is 13.6. The van der Waals surface area contributed by atoms with E-state index in [0.29, 0.717) is 46.4 Å². The van der Waals surface area contributed by atoms with Crippen molar-refractivity contribution in [1.29, 1.82) is 10.8 Å². The minimum Gasteiger partial charge on any atom is -0.494 e. The number of piperidine rings is 1. The summed E-state index contributed by atoms with van der Waals surface area (Å²) >= 11 is 0. The number of hydrogen-bond acceptors (Lipinski definition) is 9. The first kappa shape index (κ1) is 32.1. The summed E-state index contributed by atoms with van der Waals surface area (Å²) in [5.74, 6) is 0.468. The summed E-state index contributed by atoms with van der Waals surface area (Å²) < 4.78 is 21.3. The lowest BCUT2D eigenvalue weighted by Gasteiger charge is -2.32. The van der Waals surface area contributed by atoms with Gasteiger partial charge in [0.1, 0.15) is 23.8 Å². The molecule has 0 atom stereocenters. The van der Waals surface area contributed by atoms with Crippen LogP contribution in [0.3, 0.4) is 0 Å². The lowest BCUT2D eigenvalue weighted by atomic mass is 9.94. The quantitative estimate of drug-likeness (QED) is 0.154. The smallest absolute Gasteiger partial charge is 0.413 e. The number of esters is 2. The molecule has 1 heterocycles. The molecule has 0 aromatic heterocycles. The fraction of sp³-hybridized carbons (Fsp3) is 0.452. The largest absolute Gasteiger partial charge is 0.494 e. The molecular formula is C31H40N4O7. The number of amidine groups is 2. The van der Waals surface area contributed by atoms with Crippen LogP contribution in [0.4, 0.5) is 4.79 Å². The maximum absolute atomic E-state index is 12.4. The number of likely N-dealkylation sites (tertiary alicyclic amines) is 1. The molecule has 226 valence electrons. The number of methoxy groups -OCH3 is 1. The summed E-state index contributed by atoms with van der Waals surface area (Å²) in [4.78, 5) is 38.0. The van der Waals surface area contributed by atoms with Gasteiger partial charge in [0.15, 0.2) is 0 Å². The highest BCUT2D eigenvalue weighted by Crippen LogP contribution is 2.28. The topological polar surface area (TPSA) is 151 Å². The van der Waals surface area contributed by atoms with Crippen molar-refractivity contribution in [2.75, 3.05) is 33.4 Å². The fourth-order valence-corrected chi connectivity index (χ4v) is 4.60. The third-order valence-corrected chi connectivity index (χ3v) is 6.91. The molecule has 11 nitrogen and oxygen atoms in total. The Balaban J connectivity index is 1.69. The second kappa shape index (κ2) is 14.5. The van der Waals surface area contributed by atoms with Gasteiger partial charge in [0, 0.05) is 25.6 Å². The van der Waals surface area contributed by atoms with Crippen molar-refractivity contribution in [2.24, 2.45) is 5.92 Å². The van der Waals surface area contributed by atoms with Crippen LogP contribution in [-0.2, 0) is 19.0 Å². The zero-order valence-electron chi connectivity index (χ0n) is 24.9. The van der Waals surface area contributed by atoms with Gasteiger partial charge in [-0.25, -0.2) is 9.59 Å². The van der Waals surface area contributed by atoms with E-state index < -0.39 is 23.6 Å². The minimum atomic E-state index is -1.08. The van der Waals surface area contributed by atoms with Gasteiger partial charge < -0.3 is 23.8 Å². The van der Waals surface area contributed by atoms with Crippen LogP contribution in [0.2, 0.25) is 0 Å². The Morgan fingerprint density at radius 3 is 2.33 bits per heavy atom. The third kappa shape index (κ3) is 9.60. The van der Waals surface area contributed by atoms with Gasteiger partial charge >= 0.3 is 18.0 Å². The van der Waals surface area contributed by atoms with Crippen LogP contribution < -0.4 is 10.1 Å². The Kier molecular flexibility index (Phi) is 11.1. The van der Waals surface area contributed by atoms with Crippen molar-refractivity contribution >= 4 is 29.7 Å². The molecule has 1 fully saturated rings. The number of amides is 1. The molecule has 3 N–H and O–H groups in total. The van der Waals surface area contributed by atoms with Gasteiger partial charge in [-0.15, -0.1) is 0 Å². The summed E-state index contributed by atoms with van der Waals surface area (Å²) in [6, 6.07) is 12.1. The second-order valence-electron chi connectivity index (χ2n) is 10.9. The number of benzene rings is 2. The lowest BCUT2D eigenvalue weighted by molar-refractivity contribution is -0.147. The molecule has 1 aliphatic heterocycles. The first-order valence-electron chi connectivity index (χ1n) is 13.9. The van der Waals surface area contributed by atoms with E-state index in [0.717, 1.165) is 32.4 Å². The highest BCUT2D eigenvalue weighted by molar-refractivity contribution is 6.05. The summed E-state index contributed by atoms with van der Waals surface area (Å²) in [6.07, 6.45) is 2.03. The molecule has 0 saturated carbocycles. The number of nitrogens with one attached hydrogen (secondary N) is 3. The predicted octanol–water partition coefficient (Wildman–Crippen LogP) is 5.01. The molecule has 11 heteroatoms. The van der Waals surface area contributed by atoms with E-state index in [2.05, 4.69) is 10.2 Å². The number of rotatable bonds is 10. The van der Waals surface area contributed by atoms with Crippen LogP contribution in [0.1, 0.15) is 62.9 Å². The van der Waals surface area contributed by atoms with Crippen molar-refractivity contribution in [3.8, 4) is 16.9 Å². The van der Waals surface area contributed by atoms with E-state index in [1.165, 1.54) is 14.0 Å². The Morgan fingerprint density at radius 1 is 1.00 bits per heavy atom. The van der Waals surface area contributed by atoms with Gasteiger partial charge in [0.25, 0.3) is 0 Å². The maximum Gasteiger partial charge on any atom is 0.413 e. The van der Waals surface area contributed by atoms with Crippen molar-refractivity contribution in [3.05, 3.63) is 53.6 Å². The van der Waals surface area contributed by atoms with Crippen LogP contribution in [-0.4, -0.2) is 73.6 Å². The number of ether oxygens (including phenoxy) is 4. The minimum absolute atomic E-state index is 0.122. The van der Waals surface area contributed by atoms with Crippen LogP contribution in [0.15, 0.2) is 42.5 Å². The monoisotopic (exact) mass is 580 g/mol. The van der Waals surface area contributed by atoms with E-state index in [-0.39, 0.29) is 12.4 Å². The SMILES string of the molecule is COC(=O)c1cc(OCCC2CCN(C(C)=N)CC2)cc(-c2cccc(C(=N)NC(=O)OC(C)(C)COC(C)=O)c2)c1. The molecular weight excluding hydrogens is 540 g/mol. The highest BCUT2D eigenvalue weighted by atomic mass is 16.6. The summed E-state index contributed by atoms with van der Waals surface area (Å²) in [5.41, 5.74) is 1.05. The van der Waals surface area contributed by atoms with Crippen LogP contribution in [0.25, 0.3) is 11.1 Å². The van der Waals surface area contributed by atoms with Crippen LogP contribution >= 0.6 is 0 Å². The van der Waals surface area contributed by atoms with Crippen LogP contribution in [0.5, 0.6) is 5.75 Å². The van der Waals surface area contributed by atoms with Crippen molar-refractivity contribution < 1.29 is 33.3 Å². The molecule has 0 bridgehead atoms. The van der Waals surface area contributed by atoms with E-state index >= 15 is 0 Å². The van der Waals surface area contributed by atoms with Crippen molar-refractivity contribution in [1.82, 2.24) is 10.2 Å². The van der Waals surface area contributed by atoms with Crippen molar-refractivity contribution in [3.63, 3.8) is 0 Å². The summed E-state index contributed by atoms with van der Waals surface area (Å²) in [5, 5.41) is 18.6. The van der Waals surface area contributed by atoms with Crippen LogP contribution in [0, 0.1) is 16.7 Å². The van der Waals surface area contributed by atoms with Gasteiger partial charge in [0.2, 0.25) is 0 Å². The molecule has 0 radical (unpaired) electrons. The van der Waals surface area contributed by atoms with E-state index in [4.69, 9.17) is 29.8 Å². The molecule has 2 aromatic carbocycles. The highest BCUT2D eigenvalue weighted by Gasteiger charge is 2.25. The predicted molar refractivity (Wildman–Crippen MR) is 158 cm³/mol. The first-order valence-corrected chi connectivity index (χ1v) is 13.9. The third-order valence-electron chi connectivity index (χ3n) is 6.91. The zero-order chi connectivity index (χ0) is 30.9. The van der Waals surface area contributed by atoms with Crippen molar-refractivity contribution in [2.45, 2.75) is 52.6 Å². The second-order valence-corrected chi connectivity index (χ2v) is 10.9. The van der Waals surface area contributed by atoms with Gasteiger partial charge in [-0.1, -0.05) is 18.2 Å². The first-order chi connectivity index (χ1) is 19.9. The van der Waals surface area contributed by atoms with Gasteiger partial charge in [-0.2, -0.15) is 0 Å².